The van der Waals surface area contributed by atoms with Crippen LogP contribution >= 0.6 is 0 Å². The lowest BCUT2D eigenvalue weighted by molar-refractivity contribution is -0.0675. The molecule has 1 aromatic carbocycles. The van der Waals surface area contributed by atoms with Crippen molar-refractivity contribution >= 4 is 22.5 Å². The van der Waals surface area contributed by atoms with Crippen LogP contribution in [0.15, 0.2) is 24.4 Å². The van der Waals surface area contributed by atoms with Crippen molar-refractivity contribution in [3.05, 3.63) is 36.0 Å². The number of imidazole rings is 1. The van der Waals surface area contributed by atoms with E-state index in [9.17, 15) is 22.0 Å². The number of aromatic nitrogens is 5. The first-order valence-corrected chi connectivity index (χ1v) is 11.3. The largest absolute Gasteiger partial charge is 0.479 e. The monoisotopic (exact) mass is 509 g/mol. The van der Waals surface area contributed by atoms with Crippen molar-refractivity contribution < 1.29 is 26.7 Å². The number of alkyl halides is 4. The lowest BCUT2D eigenvalue weighted by Gasteiger charge is -2.36. The third-order valence-electron chi connectivity index (χ3n) is 6.40. The Morgan fingerprint density at radius 1 is 1.25 bits per heavy atom. The van der Waals surface area contributed by atoms with Crippen molar-refractivity contribution in [2.45, 2.75) is 38.3 Å². The number of piperidine rings is 1. The Hall–Kier alpha value is -3.48. The van der Waals surface area contributed by atoms with Crippen molar-refractivity contribution in [2.75, 3.05) is 32.6 Å². The summed E-state index contributed by atoms with van der Waals surface area (Å²) >= 11 is 0. The summed E-state index contributed by atoms with van der Waals surface area (Å²) in [6.45, 7) is 1.03. The van der Waals surface area contributed by atoms with Crippen LogP contribution in [0, 0.1) is 12.7 Å². The summed E-state index contributed by atoms with van der Waals surface area (Å²) in [6, 6.07) is 3.31. The van der Waals surface area contributed by atoms with E-state index in [1.165, 1.54) is 29.2 Å². The average Bonchev–Trinajstić information content (AvgIpc) is 3.36. The van der Waals surface area contributed by atoms with Crippen LogP contribution in [0.2, 0.25) is 0 Å². The molecule has 1 atom stereocenters. The summed E-state index contributed by atoms with van der Waals surface area (Å²) in [5.74, 6) is -3.33. The minimum Gasteiger partial charge on any atom is -0.479 e. The lowest BCUT2D eigenvalue weighted by atomic mass is 10.0. The molecular weight excluding hydrogens is 485 g/mol. The van der Waals surface area contributed by atoms with Gasteiger partial charge in [-0.05, 0) is 44.2 Å². The summed E-state index contributed by atoms with van der Waals surface area (Å²) in [6.07, 6.45) is -0.870. The predicted molar refractivity (Wildman–Crippen MR) is 123 cm³/mol. The Bertz CT molecular complexity index is 1430. The zero-order chi connectivity index (χ0) is 25.8. The molecule has 0 bridgehead atoms. The maximum atomic E-state index is 15.0. The lowest BCUT2D eigenvalue weighted by Crippen LogP contribution is -2.53. The molecule has 0 amide bonds. The first kappa shape index (κ1) is 24.2. The third-order valence-corrected chi connectivity index (χ3v) is 6.40. The van der Waals surface area contributed by atoms with Gasteiger partial charge in [0.05, 0.1) is 31.8 Å². The molecule has 8 nitrogen and oxygen atoms in total. The molecule has 5 rings (SSSR count). The molecule has 0 saturated carbocycles. The molecule has 1 aliphatic rings. The van der Waals surface area contributed by atoms with Gasteiger partial charge in [0.25, 0.3) is 12.3 Å². The standard InChI is InChI=1S/C23H24F5N7O/c1-12-29-19-15(24)8-13(9-16(19)34(12)10-18(25)26)14-4-7-35-20(14)21(36-3)31-22(32-35)30-17-5-6-33(2)11-23(17,27)28/h4,7-9,17-18H,5-6,10-11H2,1-3H3,(H,30,32)/t17-/m1/s1. The van der Waals surface area contributed by atoms with Crippen molar-refractivity contribution in [3.63, 3.8) is 0 Å². The second-order valence-electron chi connectivity index (χ2n) is 8.94. The molecule has 1 N–H and O–H groups in total. The van der Waals surface area contributed by atoms with Gasteiger partial charge in [0.15, 0.2) is 5.82 Å². The summed E-state index contributed by atoms with van der Waals surface area (Å²) in [7, 11) is 3.01. The summed E-state index contributed by atoms with van der Waals surface area (Å²) in [5.41, 5.74) is 1.45. The van der Waals surface area contributed by atoms with E-state index < -0.39 is 30.8 Å². The zero-order valence-corrected chi connectivity index (χ0v) is 19.8. The number of rotatable bonds is 6. The molecule has 0 aliphatic carbocycles. The number of benzene rings is 1. The molecule has 4 heterocycles. The number of aryl methyl sites for hydroxylation is 1. The maximum Gasteiger partial charge on any atom is 0.280 e. The van der Waals surface area contributed by atoms with Crippen LogP contribution in [0.1, 0.15) is 12.2 Å². The Labute approximate surface area is 202 Å². The van der Waals surface area contributed by atoms with E-state index in [0.29, 0.717) is 23.2 Å². The highest BCUT2D eigenvalue weighted by atomic mass is 19.3. The molecule has 36 heavy (non-hydrogen) atoms. The van der Waals surface area contributed by atoms with Crippen LogP contribution in [0.5, 0.6) is 5.88 Å². The van der Waals surface area contributed by atoms with Crippen LogP contribution in [0.25, 0.3) is 27.7 Å². The van der Waals surface area contributed by atoms with Crippen LogP contribution in [-0.2, 0) is 6.54 Å². The van der Waals surface area contributed by atoms with E-state index in [1.54, 1.807) is 30.3 Å². The second-order valence-corrected chi connectivity index (χ2v) is 8.94. The summed E-state index contributed by atoms with van der Waals surface area (Å²) < 4.78 is 78.3. The van der Waals surface area contributed by atoms with Gasteiger partial charge < -0.3 is 19.5 Å². The van der Waals surface area contributed by atoms with Crippen LogP contribution < -0.4 is 10.1 Å². The van der Waals surface area contributed by atoms with Gasteiger partial charge >= 0.3 is 0 Å². The molecule has 13 heteroatoms. The fraction of sp³-hybridized carbons (Fsp3) is 0.435. The number of hydrogen-bond acceptors (Lipinski definition) is 6. The molecule has 192 valence electrons. The number of hydrogen-bond donors (Lipinski definition) is 1. The van der Waals surface area contributed by atoms with Gasteiger partial charge in [-0.2, -0.15) is 4.98 Å². The SMILES string of the molecule is COc1nc(N[C@@H]2CCN(C)CC2(F)F)nn2ccc(-c3cc(F)c4nc(C)n(CC(F)F)c4c3)c12. The van der Waals surface area contributed by atoms with Crippen molar-refractivity contribution in [1.82, 2.24) is 29.0 Å². The highest BCUT2D eigenvalue weighted by Gasteiger charge is 2.44. The van der Waals surface area contributed by atoms with E-state index in [-0.39, 0.29) is 41.7 Å². The van der Waals surface area contributed by atoms with E-state index >= 15 is 0 Å². The smallest absolute Gasteiger partial charge is 0.280 e. The van der Waals surface area contributed by atoms with E-state index in [4.69, 9.17) is 4.74 Å². The Kier molecular flexibility index (Phi) is 5.97. The topological polar surface area (TPSA) is 72.5 Å². The minimum atomic E-state index is -2.98. The van der Waals surface area contributed by atoms with Gasteiger partial charge in [-0.15, -0.1) is 5.10 Å². The first-order chi connectivity index (χ1) is 17.1. The number of nitrogens with one attached hydrogen (secondary N) is 1. The molecule has 1 fully saturated rings. The number of likely N-dealkylation sites (tertiary alicyclic amines) is 1. The quantitative estimate of drug-likeness (QED) is 0.393. The fourth-order valence-electron chi connectivity index (χ4n) is 4.69. The normalized spacial score (nSPS) is 18.4. The predicted octanol–water partition coefficient (Wildman–Crippen LogP) is 4.22. The summed E-state index contributed by atoms with van der Waals surface area (Å²) in [5, 5.41) is 7.04. The number of halogens is 5. The Morgan fingerprint density at radius 3 is 2.72 bits per heavy atom. The molecule has 1 aliphatic heterocycles. The number of methoxy groups -OCH3 is 1. The van der Waals surface area contributed by atoms with Gasteiger partial charge in [0.2, 0.25) is 11.8 Å². The van der Waals surface area contributed by atoms with Crippen molar-refractivity contribution in [3.8, 4) is 17.0 Å². The van der Waals surface area contributed by atoms with Crippen LogP contribution in [0.4, 0.5) is 27.9 Å². The summed E-state index contributed by atoms with van der Waals surface area (Å²) in [4.78, 5) is 9.94. The molecule has 0 radical (unpaired) electrons. The minimum absolute atomic E-state index is 0.00540. The average molecular weight is 509 g/mol. The molecule has 1 saturated heterocycles. The van der Waals surface area contributed by atoms with Gasteiger partial charge in [-0.25, -0.2) is 31.5 Å². The molecule has 3 aromatic heterocycles. The number of fused-ring (bicyclic) bond motifs is 2. The number of anilines is 1. The van der Waals surface area contributed by atoms with E-state index in [2.05, 4.69) is 20.4 Å². The number of ether oxygens (including phenoxy) is 1. The maximum absolute atomic E-state index is 15.0. The molecular formula is C23H24F5N7O. The number of nitrogens with zero attached hydrogens (tertiary/aromatic N) is 6. The van der Waals surface area contributed by atoms with Gasteiger partial charge in [0, 0.05) is 18.3 Å². The zero-order valence-electron chi connectivity index (χ0n) is 19.8. The molecule has 0 spiro atoms. The highest BCUT2D eigenvalue weighted by Crippen LogP contribution is 2.35. The van der Waals surface area contributed by atoms with Crippen molar-refractivity contribution in [2.24, 2.45) is 0 Å². The van der Waals surface area contributed by atoms with E-state index in [1.807, 2.05) is 0 Å². The third kappa shape index (κ3) is 4.21. The first-order valence-electron chi connectivity index (χ1n) is 11.3. The van der Waals surface area contributed by atoms with Crippen LogP contribution in [0.3, 0.4) is 0 Å². The van der Waals surface area contributed by atoms with Crippen LogP contribution in [-0.4, -0.2) is 74.7 Å². The van der Waals surface area contributed by atoms with Gasteiger partial charge in [-0.1, -0.05) is 0 Å². The van der Waals surface area contributed by atoms with E-state index in [0.717, 1.165) is 0 Å². The Balaban J connectivity index is 1.57. The molecule has 4 aromatic rings. The van der Waals surface area contributed by atoms with Crippen molar-refractivity contribution in [1.29, 1.82) is 0 Å². The second kappa shape index (κ2) is 8.87. The fourth-order valence-corrected chi connectivity index (χ4v) is 4.69. The molecule has 0 unspecified atom stereocenters. The van der Waals surface area contributed by atoms with Gasteiger partial charge in [-0.3, -0.25) is 0 Å². The highest BCUT2D eigenvalue weighted by molar-refractivity contribution is 5.90. The Morgan fingerprint density at radius 2 is 2.03 bits per heavy atom. The van der Waals surface area contributed by atoms with Gasteiger partial charge in [0.1, 0.15) is 16.9 Å².